The molecule has 2 nitrogen and oxygen atoms in total. The van der Waals surface area contributed by atoms with E-state index in [0.29, 0.717) is 21.6 Å². The summed E-state index contributed by atoms with van der Waals surface area (Å²) >= 11 is 18.1. The van der Waals surface area contributed by atoms with Crippen molar-refractivity contribution in [1.29, 1.82) is 0 Å². The van der Waals surface area contributed by atoms with E-state index in [9.17, 15) is 0 Å². The van der Waals surface area contributed by atoms with E-state index in [1.807, 2.05) is 24.3 Å². The molecule has 0 radical (unpaired) electrons. The molecule has 0 spiro atoms. The lowest BCUT2D eigenvalue weighted by Crippen LogP contribution is -2.01. The normalized spacial score (nSPS) is 10.7. The molecule has 0 heterocycles. The third kappa shape index (κ3) is 6.97. The highest BCUT2D eigenvalue weighted by Gasteiger charge is 2.06. The third-order valence-corrected chi connectivity index (χ3v) is 4.97. The minimum absolute atomic E-state index is 0.452. The summed E-state index contributed by atoms with van der Waals surface area (Å²) in [7, 11) is 0. The number of unbranched alkanes of at least 4 members (excludes halogenated alkanes) is 4. The lowest BCUT2D eigenvalue weighted by atomic mass is 10.2. The second kappa shape index (κ2) is 10.8. The van der Waals surface area contributed by atoms with Gasteiger partial charge in [-0.2, -0.15) is 0 Å². The molecule has 0 saturated carbocycles. The molecular formula is C20H24Cl3NO. The minimum atomic E-state index is 0.452. The quantitative estimate of drug-likeness (QED) is 0.327. The number of nitrogens with one attached hydrogen (secondary N) is 1. The zero-order valence-electron chi connectivity index (χ0n) is 14.5. The molecule has 0 atom stereocenters. The lowest BCUT2D eigenvalue weighted by molar-refractivity contribution is 0.304. The number of ether oxygens (including phenoxy) is 1. The van der Waals surface area contributed by atoms with Crippen LogP contribution in [0.2, 0.25) is 15.1 Å². The summed E-state index contributed by atoms with van der Waals surface area (Å²) in [5, 5.41) is 4.76. The van der Waals surface area contributed by atoms with Crippen molar-refractivity contribution in [1.82, 2.24) is 0 Å². The van der Waals surface area contributed by atoms with Crippen LogP contribution in [-0.2, 0) is 6.54 Å². The SMILES string of the molecule is CCCCCCCOc1ccc(CNc2cc(Cl)c(Cl)cc2Cl)cc1. The molecule has 0 fully saturated rings. The third-order valence-electron chi connectivity index (χ3n) is 3.93. The van der Waals surface area contributed by atoms with Crippen molar-refractivity contribution in [2.45, 2.75) is 45.6 Å². The van der Waals surface area contributed by atoms with Crippen LogP contribution in [0, 0.1) is 0 Å². The summed E-state index contributed by atoms with van der Waals surface area (Å²) in [6.45, 7) is 3.65. The number of anilines is 1. The first-order valence-corrected chi connectivity index (χ1v) is 9.83. The first kappa shape index (κ1) is 20.2. The van der Waals surface area contributed by atoms with Crippen LogP contribution in [0.15, 0.2) is 36.4 Å². The van der Waals surface area contributed by atoms with Crippen LogP contribution in [0.1, 0.15) is 44.6 Å². The minimum Gasteiger partial charge on any atom is -0.494 e. The number of hydrogen-bond acceptors (Lipinski definition) is 2. The van der Waals surface area contributed by atoms with Crippen LogP contribution in [0.25, 0.3) is 0 Å². The summed E-state index contributed by atoms with van der Waals surface area (Å²) in [5.74, 6) is 0.909. The van der Waals surface area contributed by atoms with Gasteiger partial charge in [0.2, 0.25) is 0 Å². The van der Waals surface area contributed by atoms with Crippen LogP contribution >= 0.6 is 34.8 Å². The van der Waals surface area contributed by atoms with Gasteiger partial charge in [0.05, 0.1) is 27.4 Å². The maximum atomic E-state index is 6.17. The lowest BCUT2D eigenvalue weighted by Gasteiger charge is -2.11. The van der Waals surface area contributed by atoms with Gasteiger partial charge in [-0.1, -0.05) is 79.5 Å². The summed E-state index contributed by atoms with van der Waals surface area (Å²) < 4.78 is 5.78. The van der Waals surface area contributed by atoms with Gasteiger partial charge in [-0.25, -0.2) is 0 Å². The zero-order chi connectivity index (χ0) is 18.1. The van der Waals surface area contributed by atoms with Crippen molar-refractivity contribution in [2.24, 2.45) is 0 Å². The predicted octanol–water partition coefficient (Wildman–Crippen LogP) is 7.61. The number of rotatable bonds is 10. The van der Waals surface area contributed by atoms with Crippen LogP contribution in [0.4, 0.5) is 5.69 Å². The Bertz CT molecular complexity index is 659. The Labute approximate surface area is 165 Å². The molecule has 0 amide bonds. The van der Waals surface area contributed by atoms with Gasteiger partial charge in [-0.05, 0) is 36.2 Å². The van der Waals surface area contributed by atoms with E-state index in [0.717, 1.165) is 30.0 Å². The van der Waals surface area contributed by atoms with Gasteiger partial charge in [0.15, 0.2) is 0 Å². The second-order valence-electron chi connectivity index (χ2n) is 6.01. The van der Waals surface area contributed by atoms with Crippen LogP contribution < -0.4 is 10.1 Å². The fraction of sp³-hybridized carbons (Fsp3) is 0.400. The standard InChI is InChI=1S/C20H24Cl3NO/c1-2-3-4-5-6-11-25-16-9-7-15(8-10-16)14-24-20-13-18(22)17(21)12-19(20)23/h7-10,12-13,24H,2-6,11,14H2,1H3. The monoisotopic (exact) mass is 399 g/mol. The van der Waals surface area contributed by atoms with Crippen molar-refractivity contribution < 1.29 is 4.74 Å². The molecule has 0 aliphatic rings. The van der Waals surface area contributed by atoms with Crippen LogP contribution in [0.5, 0.6) is 5.75 Å². The van der Waals surface area contributed by atoms with Crippen molar-refractivity contribution >= 4 is 40.5 Å². The molecule has 0 aliphatic carbocycles. The highest BCUT2D eigenvalue weighted by molar-refractivity contribution is 6.44. The Morgan fingerprint density at radius 3 is 2.24 bits per heavy atom. The van der Waals surface area contributed by atoms with Crippen molar-refractivity contribution in [3.63, 3.8) is 0 Å². The van der Waals surface area contributed by atoms with Gasteiger partial charge < -0.3 is 10.1 Å². The molecule has 5 heteroatoms. The molecule has 0 saturated heterocycles. The van der Waals surface area contributed by atoms with E-state index in [1.54, 1.807) is 12.1 Å². The Morgan fingerprint density at radius 2 is 1.52 bits per heavy atom. The molecule has 2 aromatic rings. The van der Waals surface area contributed by atoms with E-state index in [1.165, 1.54) is 25.7 Å². The van der Waals surface area contributed by atoms with Crippen molar-refractivity contribution in [3.8, 4) is 5.75 Å². The highest BCUT2D eigenvalue weighted by atomic mass is 35.5. The van der Waals surface area contributed by atoms with Crippen LogP contribution in [-0.4, -0.2) is 6.61 Å². The fourth-order valence-corrected chi connectivity index (χ4v) is 3.07. The predicted molar refractivity (Wildman–Crippen MR) is 109 cm³/mol. The van der Waals surface area contributed by atoms with E-state index >= 15 is 0 Å². The highest BCUT2D eigenvalue weighted by Crippen LogP contribution is 2.32. The number of hydrogen-bond donors (Lipinski definition) is 1. The van der Waals surface area contributed by atoms with Gasteiger partial charge in [-0.3, -0.25) is 0 Å². The largest absolute Gasteiger partial charge is 0.494 e. The van der Waals surface area contributed by atoms with E-state index in [4.69, 9.17) is 39.5 Å². The van der Waals surface area contributed by atoms with Gasteiger partial charge in [-0.15, -0.1) is 0 Å². The fourth-order valence-electron chi connectivity index (χ4n) is 2.45. The summed E-state index contributed by atoms with van der Waals surface area (Å²) in [6.07, 6.45) is 6.22. The summed E-state index contributed by atoms with van der Waals surface area (Å²) in [4.78, 5) is 0. The average Bonchev–Trinajstić information content (AvgIpc) is 2.61. The average molecular weight is 401 g/mol. The molecule has 1 N–H and O–H groups in total. The van der Waals surface area contributed by atoms with Gasteiger partial charge in [0.1, 0.15) is 5.75 Å². The maximum absolute atomic E-state index is 6.17. The zero-order valence-corrected chi connectivity index (χ0v) is 16.7. The van der Waals surface area contributed by atoms with Gasteiger partial charge in [0.25, 0.3) is 0 Å². The first-order chi connectivity index (χ1) is 12.1. The Hall–Kier alpha value is -1.09. The van der Waals surface area contributed by atoms with Crippen molar-refractivity contribution in [3.05, 3.63) is 57.0 Å². The molecule has 2 aromatic carbocycles. The van der Waals surface area contributed by atoms with Crippen molar-refractivity contribution in [2.75, 3.05) is 11.9 Å². The summed E-state index contributed by atoms with van der Waals surface area (Å²) in [5.41, 5.74) is 1.90. The molecule has 136 valence electrons. The molecule has 0 aliphatic heterocycles. The summed E-state index contributed by atoms with van der Waals surface area (Å²) in [6, 6.07) is 11.5. The van der Waals surface area contributed by atoms with Gasteiger partial charge in [0, 0.05) is 6.54 Å². The number of benzene rings is 2. The Kier molecular flexibility index (Phi) is 8.74. The maximum Gasteiger partial charge on any atom is 0.119 e. The van der Waals surface area contributed by atoms with E-state index in [-0.39, 0.29) is 0 Å². The molecule has 0 unspecified atom stereocenters. The number of halogens is 3. The Balaban J connectivity index is 1.78. The smallest absolute Gasteiger partial charge is 0.119 e. The van der Waals surface area contributed by atoms with Gasteiger partial charge >= 0.3 is 0 Å². The second-order valence-corrected chi connectivity index (χ2v) is 7.23. The topological polar surface area (TPSA) is 21.3 Å². The molecular weight excluding hydrogens is 377 g/mol. The molecule has 2 rings (SSSR count). The molecule has 0 bridgehead atoms. The first-order valence-electron chi connectivity index (χ1n) is 8.70. The van der Waals surface area contributed by atoms with E-state index < -0.39 is 0 Å². The molecule has 25 heavy (non-hydrogen) atoms. The van der Waals surface area contributed by atoms with Crippen LogP contribution in [0.3, 0.4) is 0 Å². The Morgan fingerprint density at radius 1 is 0.840 bits per heavy atom. The van der Waals surface area contributed by atoms with E-state index in [2.05, 4.69) is 12.2 Å². The molecule has 0 aromatic heterocycles.